The van der Waals surface area contributed by atoms with Gasteiger partial charge in [0.25, 0.3) is 0 Å². The smallest absolute Gasteiger partial charge is 0.230 e. The maximum absolute atomic E-state index is 5.29. The number of hydrazone groups is 1. The van der Waals surface area contributed by atoms with Crippen LogP contribution in [0.5, 0.6) is 0 Å². The second-order valence-electron chi connectivity index (χ2n) is 2.92. The average molecular weight is 188 g/mol. The fourth-order valence-corrected chi connectivity index (χ4v) is 1.29. The fourth-order valence-electron chi connectivity index (χ4n) is 1.29. The van der Waals surface area contributed by atoms with Crippen LogP contribution in [0, 0.1) is 0 Å². The fraction of sp³-hybridized carbons (Fsp3) is 0.182. The summed E-state index contributed by atoms with van der Waals surface area (Å²) in [7, 11) is 0. The Balaban J connectivity index is 2.27. The van der Waals surface area contributed by atoms with Crippen LogP contribution < -0.4 is 5.43 Å². The van der Waals surface area contributed by atoms with E-state index in [4.69, 9.17) is 4.74 Å². The topological polar surface area (TPSA) is 33.6 Å². The van der Waals surface area contributed by atoms with Crippen molar-refractivity contribution in [2.75, 3.05) is 12.0 Å². The molecule has 0 saturated heterocycles. The molecule has 1 aromatic carbocycles. The first-order valence-electron chi connectivity index (χ1n) is 4.64. The molecule has 1 heterocycles. The monoisotopic (exact) mass is 188 g/mol. The van der Waals surface area contributed by atoms with Gasteiger partial charge in [-0.3, -0.25) is 5.43 Å². The molecule has 0 aliphatic carbocycles. The number of ether oxygens (including phenoxy) is 1. The lowest BCUT2D eigenvalue weighted by Gasteiger charge is -2.02. The summed E-state index contributed by atoms with van der Waals surface area (Å²) in [5, 5.41) is 4.11. The lowest BCUT2D eigenvalue weighted by atomic mass is 10.2. The van der Waals surface area contributed by atoms with E-state index in [1.165, 1.54) is 0 Å². The molecule has 0 atom stereocenters. The van der Waals surface area contributed by atoms with Crippen LogP contribution in [0.15, 0.2) is 35.4 Å². The minimum Gasteiger partial charge on any atom is -0.477 e. The van der Waals surface area contributed by atoms with Crippen molar-refractivity contribution in [2.24, 2.45) is 5.10 Å². The third-order valence-corrected chi connectivity index (χ3v) is 1.95. The molecule has 0 radical (unpaired) electrons. The van der Waals surface area contributed by atoms with E-state index in [0.717, 1.165) is 11.3 Å². The molecule has 3 heteroatoms. The third-order valence-electron chi connectivity index (χ3n) is 1.95. The number of fused-ring (bicyclic) bond motifs is 1. The summed E-state index contributed by atoms with van der Waals surface area (Å²) in [6.45, 7) is 2.57. The quantitative estimate of drug-likeness (QED) is 0.734. The lowest BCUT2D eigenvalue weighted by molar-refractivity contribution is 0.330. The highest BCUT2D eigenvalue weighted by Crippen LogP contribution is 2.18. The molecule has 0 amide bonds. The summed E-state index contributed by atoms with van der Waals surface area (Å²) >= 11 is 0. The van der Waals surface area contributed by atoms with Gasteiger partial charge in [-0.1, -0.05) is 18.2 Å². The summed E-state index contributed by atoms with van der Waals surface area (Å²) in [6.07, 6.45) is 3.85. The van der Waals surface area contributed by atoms with Gasteiger partial charge in [0.2, 0.25) is 5.90 Å². The van der Waals surface area contributed by atoms with Gasteiger partial charge in [0, 0.05) is 6.08 Å². The van der Waals surface area contributed by atoms with Gasteiger partial charge in [-0.25, -0.2) is 0 Å². The number of para-hydroxylation sites is 1. The zero-order valence-electron chi connectivity index (χ0n) is 8.03. The van der Waals surface area contributed by atoms with Gasteiger partial charge in [-0.2, -0.15) is 0 Å². The third kappa shape index (κ3) is 1.76. The van der Waals surface area contributed by atoms with Crippen molar-refractivity contribution in [3.8, 4) is 0 Å². The van der Waals surface area contributed by atoms with Gasteiger partial charge in [0.05, 0.1) is 12.3 Å². The van der Waals surface area contributed by atoms with Crippen LogP contribution in [0.4, 0.5) is 5.69 Å². The molecule has 1 aliphatic rings. The van der Waals surface area contributed by atoms with Crippen LogP contribution in [-0.4, -0.2) is 12.5 Å². The molecule has 1 aromatic rings. The Morgan fingerprint density at radius 3 is 3.00 bits per heavy atom. The number of anilines is 1. The van der Waals surface area contributed by atoms with E-state index in [1.54, 1.807) is 0 Å². The molecule has 0 aromatic heterocycles. The normalized spacial score (nSPS) is 13.6. The number of benzene rings is 1. The molecular weight excluding hydrogens is 176 g/mol. The Morgan fingerprint density at radius 1 is 1.29 bits per heavy atom. The van der Waals surface area contributed by atoms with Crippen molar-refractivity contribution < 1.29 is 4.74 Å². The largest absolute Gasteiger partial charge is 0.477 e. The number of rotatable bonds is 1. The van der Waals surface area contributed by atoms with E-state index in [2.05, 4.69) is 10.5 Å². The summed E-state index contributed by atoms with van der Waals surface area (Å²) in [5.74, 6) is 0.615. The first-order chi connectivity index (χ1) is 6.90. The van der Waals surface area contributed by atoms with Crippen molar-refractivity contribution >= 4 is 17.7 Å². The van der Waals surface area contributed by atoms with Crippen molar-refractivity contribution in [1.29, 1.82) is 0 Å². The number of nitrogens with one attached hydrogen (secondary N) is 1. The molecule has 1 N–H and O–H groups in total. The van der Waals surface area contributed by atoms with E-state index >= 15 is 0 Å². The highest BCUT2D eigenvalue weighted by atomic mass is 16.5. The van der Waals surface area contributed by atoms with Crippen LogP contribution in [0.2, 0.25) is 0 Å². The van der Waals surface area contributed by atoms with Crippen molar-refractivity contribution in [1.82, 2.24) is 0 Å². The maximum atomic E-state index is 5.29. The van der Waals surface area contributed by atoms with E-state index in [0.29, 0.717) is 12.5 Å². The number of hydrogen-bond donors (Lipinski definition) is 1. The van der Waals surface area contributed by atoms with E-state index in [-0.39, 0.29) is 0 Å². The van der Waals surface area contributed by atoms with Crippen LogP contribution in [-0.2, 0) is 4.74 Å². The molecule has 0 bridgehead atoms. The molecule has 2 rings (SSSR count). The van der Waals surface area contributed by atoms with Crippen LogP contribution in [0.25, 0.3) is 6.08 Å². The van der Waals surface area contributed by atoms with Gasteiger partial charge >= 0.3 is 0 Å². The SMILES string of the molecule is CCOC1=NNc2ccccc2C=C1. The summed E-state index contributed by atoms with van der Waals surface area (Å²) in [4.78, 5) is 0. The molecular formula is C11H12N2O. The molecule has 0 saturated carbocycles. The minimum absolute atomic E-state index is 0.615. The molecule has 0 fully saturated rings. The van der Waals surface area contributed by atoms with Gasteiger partial charge in [0.1, 0.15) is 0 Å². The van der Waals surface area contributed by atoms with Gasteiger partial charge in [-0.05, 0) is 24.6 Å². The van der Waals surface area contributed by atoms with E-state index < -0.39 is 0 Å². The second-order valence-corrected chi connectivity index (χ2v) is 2.92. The highest BCUT2D eigenvalue weighted by molar-refractivity contribution is 5.94. The Morgan fingerprint density at radius 2 is 2.14 bits per heavy atom. The van der Waals surface area contributed by atoms with Crippen molar-refractivity contribution in [2.45, 2.75) is 6.92 Å². The zero-order chi connectivity index (χ0) is 9.80. The Bertz CT molecular complexity index is 383. The van der Waals surface area contributed by atoms with Gasteiger partial charge in [-0.15, -0.1) is 5.10 Å². The molecule has 1 aliphatic heterocycles. The zero-order valence-corrected chi connectivity index (χ0v) is 8.03. The minimum atomic E-state index is 0.615. The lowest BCUT2D eigenvalue weighted by Crippen LogP contribution is -2.02. The van der Waals surface area contributed by atoms with Crippen molar-refractivity contribution in [3.05, 3.63) is 35.9 Å². The summed E-state index contributed by atoms with van der Waals surface area (Å²) < 4.78 is 5.29. The summed E-state index contributed by atoms with van der Waals surface area (Å²) in [6, 6.07) is 7.98. The molecule has 0 unspecified atom stereocenters. The second kappa shape index (κ2) is 3.96. The van der Waals surface area contributed by atoms with E-state index in [9.17, 15) is 0 Å². The van der Waals surface area contributed by atoms with E-state index in [1.807, 2.05) is 43.3 Å². The maximum Gasteiger partial charge on any atom is 0.230 e. The number of hydrogen-bond acceptors (Lipinski definition) is 3. The molecule has 0 spiro atoms. The highest BCUT2D eigenvalue weighted by Gasteiger charge is 2.03. The van der Waals surface area contributed by atoms with Gasteiger partial charge < -0.3 is 4.74 Å². The molecule has 14 heavy (non-hydrogen) atoms. The molecule has 3 nitrogen and oxygen atoms in total. The first-order valence-corrected chi connectivity index (χ1v) is 4.64. The Hall–Kier alpha value is -1.77. The van der Waals surface area contributed by atoms with Crippen molar-refractivity contribution in [3.63, 3.8) is 0 Å². The summed E-state index contributed by atoms with van der Waals surface area (Å²) in [5.41, 5.74) is 5.08. The number of nitrogens with zero attached hydrogens (tertiary/aromatic N) is 1. The predicted octanol–water partition coefficient (Wildman–Crippen LogP) is 2.48. The van der Waals surface area contributed by atoms with Crippen LogP contribution in [0.1, 0.15) is 12.5 Å². The Kier molecular flexibility index (Phi) is 2.49. The first kappa shape index (κ1) is 8.81. The van der Waals surface area contributed by atoms with Crippen LogP contribution in [0.3, 0.4) is 0 Å². The van der Waals surface area contributed by atoms with Crippen LogP contribution >= 0.6 is 0 Å². The van der Waals surface area contributed by atoms with Gasteiger partial charge in [0.15, 0.2) is 0 Å². The predicted molar refractivity (Wildman–Crippen MR) is 58.2 cm³/mol. The molecule has 72 valence electrons. The standard InChI is InChI=1S/C11H12N2O/c1-2-14-11-8-7-9-5-3-4-6-10(9)12-13-11/h3-8,12H,2H2,1H3. The Labute approximate surface area is 83.1 Å². The average Bonchev–Trinajstić information content (AvgIpc) is 2.42.